The highest BCUT2D eigenvalue weighted by Crippen LogP contribution is 2.33. The van der Waals surface area contributed by atoms with Crippen LogP contribution < -0.4 is 15.8 Å². The Morgan fingerprint density at radius 2 is 1.74 bits per heavy atom. The Kier molecular flexibility index (Phi) is 6.31. The molecule has 3 aromatic rings. The zero-order chi connectivity index (χ0) is 21.6. The number of nitrogen functional groups attached to an aromatic ring is 1. The van der Waals surface area contributed by atoms with E-state index in [1.54, 1.807) is 6.92 Å². The molecule has 0 bridgehead atoms. The lowest BCUT2D eigenvalue weighted by molar-refractivity contribution is -0.130. The zero-order valence-corrected chi connectivity index (χ0v) is 17.6. The second kappa shape index (κ2) is 9.47. The smallest absolute Gasteiger partial charge is 0.219 e. The monoisotopic (exact) mass is 417 g/mol. The molecule has 31 heavy (non-hydrogen) atoms. The first-order chi connectivity index (χ1) is 15.1. The van der Waals surface area contributed by atoms with Crippen molar-refractivity contribution in [3.63, 3.8) is 0 Å². The summed E-state index contributed by atoms with van der Waals surface area (Å²) in [7, 11) is 0. The number of likely N-dealkylation sites (tertiary alicyclic amines) is 1. The fourth-order valence-electron chi connectivity index (χ4n) is 3.83. The summed E-state index contributed by atoms with van der Waals surface area (Å²) in [6, 6.07) is 17.4. The highest BCUT2D eigenvalue weighted by atomic mass is 16.5. The van der Waals surface area contributed by atoms with E-state index in [2.05, 4.69) is 15.3 Å². The quantitative estimate of drug-likeness (QED) is 0.625. The van der Waals surface area contributed by atoms with E-state index in [-0.39, 0.29) is 5.91 Å². The molecule has 2 aromatic carbocycles. The van der Waals surface area contributed by atoms with E-state index in [9.17, 15) is 4.79 Å². The number of amides is 1. The Morgan fingerprint density at radius 1 is 1.06 bits per heavy atom. The molecule has 7 nitrogen and oxygen atoms in total. The van der Waals surface area contributed by atoms with E-state index in [1.165, 1.54) is 6.33 Å². The molecule has 0 spiro atoms. The van der Waals surface area contributed by atoms with Crippen LogP contribution in [-0.4, -0.2) is 40.4 Å². The van der Waals surface area contributed by atoms with Crippen LogP contribution in [0.25, 0.3) is 11.1 Å². The minimum atomic E-state index is 0.150. The van der Waals surface area contributed by atoms with Gasteiger partial charge in [-0.2, -0.15) is 0 Å². The number of hydrogen-bond acceptors (Lipinski definition) is 6. The van der Waals surface area contributed by atoms with Crippen LogP contribution in [0.2, 0.25) is 0 Å². The van der Waals surface area contributed by atoms with Crippen molar-refractivity contribution in [2.24, 2.45) is 5.92 Å². The van der Waals surface area contributed by atoms with Gasteiger partial charge in [0.1, 0.15) is 29.5 Å². The minimum Gasteiger partial charge on any atom is -0.457 e. The Hall–Kier alpha value is -3.61. The van der Waals surface area contributed by atoms with Crippen LogP contribution in [0, 0.1) is 5.92 Å². The summed E-state index contributed by atoms with van der Waals surface area (Å²) < 4.78 is 5.88. The lowest BCUT2D eigenvalue weighted by Crippen LogP contribution is -2.38. The number of para-hydroxylation sites is 1. The molecule has 1 saturated heterocycles. The van der Waals surface area contributed by atoms with Crippen molar-refractivity contribution in [2.75, 3.05) is 30.7 Å². The van der Waals surface area contributed by atoms with Gasteiger partial charge in [-0.25, -0.2) is 9.97 Å². The summed E-state index contributed by atoms with van der Waals surface area (Å²) in [5.74, 6) is 3.32. The number of nitrogens with zero attached hydrogens (tertiary/aromatic N) is 3. The Labute approximate surface area is 182 Å². The largest absolute Gasteiger partial charge is 0.457 e. The predicted molar refractivity (Wildman–Crippen MR) is 122 cm³/mol. The van der Waals surface area contributed by atoms with Crippen LogP contribution in [0.4, 0.5) is 11.6 Å². The number of carbonyl (C=O) groups excluding carboxylic acids is 1. The van der Waals surface area contributed by atoms with Gasteiger partial charge in [-0.1, -0.05) is 30.3 Å². The van der Waals surface area contributed by atoms with Gasteiger partial charge >= 0.3 is 0 Å². The van der Waals surface area contributed by atoms with E-state index in [0.717, 1.165) is 60.9 Å². The Bertz CT molecular complexity index is 1020. The maximum Gasteiger partial charge on any atom is 0.219 e. The van der Waals surface area contributed by atoms with Gasteiger partial charge in [0.2, 0.25) is 5.91 Å². The van der Waals surface area contributed by atoms with Crippen molar-refractivity contribution in [1.82, 2.24) is 14.9 Å². The van der Waals surface area contributed by atoms with Gasteiger partial charge in [-0.05, 0) is 48.6 Å². The number of rotatable bonds is 6. The molecule has 1 amide bonds. The van der Waals surface area contributed by atoms with Gasteiger partial charge in [-0.15, -0.1) is 0 Å². The number of ether oxygens (including phenoxy) is 1. The maximum absolute atomic E-state index is 11.5. The summed E-state index contributed by atoms with van der Waals surface area (Å²) in [5, 5.41) is 3.45. The van der Waals surface area contributed by atoms with Gasteiger partial charge in [-0.3, -0.25) is 4.79 Å². The molecule has 1 fully saturated rings. The minimum absolute atomic E-state index is 0.150. The molecule has 1 aliphatic heterocycles. The highest BCUT2D eigenvalue weighted by molar-refractivity contribution is 5.83. The molecule has 0 saturated carbocycles. The van der Waals surface area contributed by atoms with E-state index in [0.29, 0.717) is 11.7 Å². The Morgan fingerprint density at radius 3 is 2.42 bits per heavy atom. The highest BCUT2D eigenvalue weighted by Gasteiger charge is 2.21. The molecule has 0 atom stereocenters. The molecular formula is C24H27N5O2. The number of nitrogens with one attached hydrogen (secondary N) is 1. The molecule has 0 unspecified atom stereocenters. The average molecular weight is 418 g/mol. The number of anilines is 2. The lowest BCUT2D eigenvalue weighted by Gasteiger charge is -2.31. The van der Waals surface area contributed by atoms with E-state index >= 15 is 0 Å². The summed E-state index contributed by atoms with van der Waals surface area (Å²) in [6.07, 6.45) is 3.44. The number of nitrogens with two attached hydrogens (primary N) is 1. The molecular weight excluding hydrogens is 390 g/mol. The van der Waals surface area contributed by atoms with Crippen LogP contribution in [-0.2, 0) is 4.79 Å². The van der Waals surface area contributed by atoms with Crippen molar-refractivity contribution in [1.29, 1.82) is 0 Å². The average Bonchev–Trinajstić information content (AvgIpc) is 2.79. The van der Waals surface area contributed by atoms with E-state index in [1.807, 2.05) is 59.5 Å². The van der Waals surface area contributed by atoms with Crippen LogP contribution in [0.3, 0.4) is 0 Å². The van der Waals surface area contributed by atoms with Crippen molar-refractivity contribution < 1.29 is 9.53 Å². The molecule has 0 aliphatic carbocycles. The first kappa shape index (κ1) is 20.7. The van der Waals surface area contributed by atoms with Gasteiger partial charge < -0.3 is 20.7 Å². The summed E-state index contributed by atoms with van der Waals surface area (Å²) in [5.41, 5.74) is 7.92. The standard InChI is InChI=1S/C24H27N5O2/c1-17(30)29-13-11-18(12-14-29)15-26-24-22(23(25)27-16-28-24)19-7-9-21(10-8-19)31-20-5-3-2-4-6-20/h2-10,16,18H,11-15H2,1H3,(H3,25,26,27,28). The SMILES string of the molecule is CC(=O)N1CCC(CNc2ncnc(N)c2-c2ccc(Oc3ccccc3)cc2)CC1. The topological polar surface area (TPSA) is 93.4 Å². The molecule has 0 radical (unpaired) electrons. The molecule has 1 aliphatic rings. The van der Waals surface area contributed by atoms with Crippen molar-refractivity contribution in [3.8, 4) is 22.6 Å². The molecule has 4 rings (SSSR count). The zero-order valence-electron chi connectivity index (χ0n) is 17.6. The number of hydrogen-bond donors (Lipinski definition) is 2. The van der Waals surface area contributed by atoms with Gasteiger partial charge in [0.25, 0.3) is 0 Å². The van der Waals surface area contributed by atoms with E-state index in [4.69, 9.17) is 10.5 Å². The summed E-state index contributed by atoms with van der Waals surface area (Å²) in [4.78, 5) is 22.0. The molecule has 1 aromatic heterocycles. The van der Waals surface area contributed by atoms with Crippen molar-refractivity contribution >= 4 is 17.5 Å². The van der Waals surface area contributed by atoms with Crippen molar-refractivity contribution in [2.45, 2.75) is 19.8 Å². The summed E-state index contributed by atoms with van der Waals surface area (Å²) in [6.45, 7) is 4.03. The predicted octanol–water partition coefficient (Wildman–Crippen LogP) is 4.19. The van der Waals surface area contributed by atoms with Gasteiger partial charge in [0, 0.05) is 26.6 Å². The van der Waals surface area contributed by atoms with Gasteiger partial charge in [0.15, 0.2) is 0 Å². The van der Waals surface area contributed by atoms with Crippen LogP contribution >= 0.6 is 0 Å². The van der Waals surface area contributed by atoms with Crippen molar-refractivity contribution in [3.05, 3.63) is 60.9 Å². The first-order valence-electron chi connectivity index (χ1n) is 10.5. The number of benzene rings is 2. The van der Waals surface area contributed by atoms with E-state index < -0.39 is 0 Å². The fraction of sp³-hybridized carbons (Fsp3) is 0.292. The fourth-order valence-corrected chi connectivity index (χ4v) is 3.83. The second-order valence-electron chi connectivity index (χ2n) is 7.75. The third kappa shape index (κ3) is 5.12. The lowest BCUT2D eigenvalue weighted by atomic mass is 9.96. The van der Waals surface area contributed by atoms with Crippen LogP contribution in [0.5, 0.6) is 11.5 Å². The molecule has 2 heterocycles. The molecule has 7 heteroatoms. The maximum atomic E-state index is 11.5. The first-order valence-corrected chi connectivity index (χ1v) is 10.5. The third-order valence-electron chi connectivity index (χ3n) is 5.62. The molecule has 160 valence electrons. The van der Waals surface area contributed by atoms with Crippen LogP contribution in [0.15, 0.2) is 60.9 Å². The second-order valence-corrected chi connectivity index (χ2v) is 7.75. The molecule has 3 N–H and O–H groups in total. The number of aromatic nitrogens is 2. The number of piperidine rings is 1. The summed E-state index contributed by atoms with van der Waals surface area (Å²) >= 11 is 0. The normalized spacial score (nSPS) is 14.3. The Balaban J connectivity index is 1.45. The number of carbonyl (C=O) groups is 1. The van der Waals surface area contributed by atoms with Gasteiger partial charge in [0.05, 0.1) is 5.56 Å². The third-order valence-corrected chi connectivity index (χ3v) is 5.62. The van der Waals surface area contributed by atoms with Crippen LogP contribution in [0.1, 0.15) is 19.8 Å².